The van der Waals surface area contributed by atoms with Crippen molar-refractivity contribution in [1.29, 1.82) is 0 Å². The van der Waals surface area contributed by atoms with Gasteiger partial charge in [-0.1, -0.05) is 207 Å². The number of phosphoric ester groups is 1. The van der Waals surface area contributed by atoms with Crippen LogP contribution >= 0.6 is 7.82 Å². The smallest absolute Gasteiger partial charge is 0.462 e. The summed E-state index contributed by atoms with van der Waals surface area (Å²) in [5.41, 5.74) is 5.37. The summed E-state index contributed by atoms with van der Waals surface area (Å²) in [6.45, 7) is 3.60. The van der Waals surface area contributed by atoms with Crippen molar-refractivity contribution in [2.24, 2.45) is 5.73 Å². The summed E-state index contributed by atoms with van der Waals surface area (Å²) in [6, 6.07) is 0. The second-order valence-electron chi connectivity index (χ2n) is 17.4. The van der Waals surface area contributed by atoms with Crippen LogP contribution in [0.25, 0.3) is 0 Å². The predicted molar refractivity (Wildman–Crippen MR) is 284 cm³/mol. The summed E-state index contributed by atoms with van der Waals surface area (Å²) >= 11 is 0. The molecule has 0 bridgehead atoms. The molecule has 0 amide bonds. The first-order valence-electron chi connectivity index (χ1n) is 26.7. The molecule has 0 aliphatic carbocycles. The van der Waals surface area contributed by atoms with Gasteiger partial charge in [-0.2, -0.15) is 0 Å². The fourth-order valence-corrected chi connectivity index (χ4v) is 7.79. The molecular weight excluding hydrogens is 858 g/mol. The maximum Gasteiger partial charge on any atom is 0.472 e. The number of allylic oxidation sites excluding steroid dienone is 16. The minimum absolute atomic E-state index is 0.0448. The lowest BCUT2D eigenvalue weighted by Gasteiger charge is -2.19. The molecule has 0 aromatic carbocycles. The van der Waals surface area contributed by atoms with Crippen molar-refractivity contribution < 1.29 is 37.6 Å². The SMILES string of the molecule is CC/C=C\C/C=C\C/C=C\C/C=C\C/C=C\C/C=C\C/C=C\CCCCCCCC(=O)OC(COC(=O)CCCCCCCCCCC/C=C\CCCCCCCC)COP(=O)(O)OCCN. The monoisotopic (exact) mass is 956 g/mol. The van der Waals surface area contributed by atoms with E-state index in [0.29, 0.717) is 6.42 Å². The van der Waals surface area contributed by atoms with Crippen molar-refractivity contribution in [3.63, 3.8) is 0 Å². The Morgan fingerprint density at radius 2 is 0.821 bits per heavy atom. The summed E-state index contributed by atoms with van der Waals surface area (Å²) in [7, 11) is -4.40. The summed E-state index contributed by atoms with van der Waals surface area (Å²) in [4.78, 5) is 35.1. The molecule has 0 aliphatic rings. The maximum absolute atomic E-state index is 12.7. The Balaban J connectivity index is 4.11. The van der Waals surface area contributed by atoms with E-state index in [9.17, 15) is 19.0 Å². The summed E-state index contributed by atoms with van der Waals surface area (Å²) < 4.78 is 32.9. The molecule has 10 heteroatoms. The van der Waals surface area contributed by atoms with Crippen LogP contribution in [0.2, 0.25) is 0 Å². The Kier molecular flexibility index (Phi) is 49.9. The molecule has 0 saturated heterocycles. The number of esters is 2. The molecule has 0 fully saturated rings. The van der Waals surface area contributed by atoms with Crippen LogP contribution in [-0.4, -0.2) is 49.3 Å². The fraction of sp³-hybridized carbons (Fsp3) is 0.684. The second kappa shape index (κ2) is 52.3. The van der Waals surface area contributed by atoms with E-state index >= 15 is 0 Å². The zero-order valence-electron chi connectivity index (χ0n) is 42.6. The third-order valence-electron chi connectivity index (χ3n) is 11.0. The largest absolute Gasteiger partial charge is 0.472 e. The van der Waals surface area contributed by atoms with Crippen molar-refractivity contribution in [2.45, 2.75) is 225 Å². The number of unbranched alkanes of at least 4 members (excludes halogenated alkanes) is 20. The van der Waals surface area contributed by atoms with E-state index in [1.165, 1.54) is 89.9 Å². The minimum Gasteiger partial charge on any atom is -0.462 e. The van der Waals surface area contributed by atoms with Gasteiger partial charge < -0.3 is 20.1 Å². The standard InChI is InChI=1S/C57H98NO8P/c1-3-5-7-9-11-13-15-17-19-21-23-24-25-26-27-28-29-30-32-34-36-38-40-42-44-46-48-50-57(60)66-55(54-65-67(61,62)64-52-51-58)53-63-56(59)49-47-45-43-41-39-37-35-33-31-22-20-18-16-14-12-10-8-6-4-2/h5,7,11,13,17-20,23-24,26-27,29-30,34,36,55H,3-4,6,8-10,12,14-16,21-22,25,28,31-33,35,37-54,58H2,1-2H3,(H,61,62)/b7-5-,13-11-,19-17-,20-18-,24-23-,27-26-,30-29-,36-34-. The Morgan fingerprint density at radius 1 is 0.463 bits per heavy atom. The molecule has 384 valence electrons. The summed E-state index contributed by atoms with van der Waals surface area (Å²) in [6.07, 6.45) is 68.7. The Morgan fingerprint density at radius 3 is 1.24 bits per heavy atom. The zero-order chi connectivity index (χ0) is 48.8. The van der Waals surface area contributed by atoms with Crippen LogP contribution in [-0.2, 0) is 32.7 Å². The van der Waals surface area contributed by atoms with E-state index in [0.717, 1.165) is 96.3 Å². The maximum atomic E-state index is 12.7. The van der Waals surface area contributed by atoms with Crippen molar-refractivity contribution in [3.05, 3.63) is 97.2 Å². The molecule has 2 atom stereocenters. The van der Waals surface area contributed by atoms with Gasteiger partial charge in [0.1, 0.15) is 6.61 Å². The van der Waals surface area contributed by atoms with Gasteiger partial charge in [0.05, 0.1) is 13.2 Å². The number of rotatable bonds is 49. The highest BCUT2D eigenvalue weighted by atomic mass is 31.2. The van der Waals surface area contributed by atoms with Crippen LogP contribution in [0.1, 0.15) is 219 Å². The number of carbonyl (C=O) groups excluding carboxylic acids is 2. The van der Waals surface area contributed by atoms with Crippen LogP contribution in [0.4, 0.5) is 0 Å². The molecule has 3 N–H and O–H groups in total. The van der Waals surface area contributed by atoms with Gasteiger partial charge >= 0.3 is 19.8 Å². The number of ether oxygens (including phenoxy) is 2. The molecule has 67 heavy (non-hydrogen) atoms. The molecule has 0 aromatic rings. The summed E-state index contributed by atoms with van der Waals surface area (Å²) in [5, 5.41) is 0. The third kappa shape index (κ3) is 52.2. The second-order valence-corrected chi connectivity index (χ2v) is 18.8. The number of hydrogen-bond donors (Lipinski definition) is 2. The predicted octanol–water partition coefficient (Wildman–Crippen LogP) is 16.5. The van der Waals surface area contributed by atoms with E-state index in [1.54, 1.807) is 0 Å². The van der Waals surface area contributed by atoms with Gasteiger partial charge in [0, 0.05) is 19.4 Å². The molecule has 0 aliphatic heterocycles. The normalized spacial score (nSPS) is 13.9. The highest BCUT2D eigenvalue weighted by Gasteiger charge is 2.26. The quantitative estimate of drug-likeness (QED) is 0.0264. The average Bonchev–Trinajstić information content (AvgIpc) is 3.32. The Hall–Kier alpha value is -3.07. The van der Waals surface area contributed by atoms with Gasteiger partial charge in [-0.3, -0.25) is 18.6 Å². The van der Waals surface area contributed by atoms with Gasteiger partial charge in [0.15, 0.2) is 6.10 Å². The van der Waals surface area contributed by atoms with Crippen LogP contribution in [0, 0.1) is 0 Å². The molecular formula is C57H98NO8P. The Bertz CT molecular complexity index is 1410. The minimum atomic E-state index is -4.40. The van der Waals surface area contributed by atoms with Crippen molar-refractivity contribution >= 4 is 19.8 Å². The average molecular weight is 956 g/mol. The number of hydrogen-bond acceptors (Lipinski definition) is 8. The fourth-order valence-electron chi connectivity index (χ4n) is 7.02. The molecule has 9 nitrogen and oxygen atoms in total. The number of phosphoric acid groups is 1. The lowest BCUT2D eigenvalue weighted by atomic mass is 10.1. The number of carbonyl (C=O) groups is 2. The zero-order valence-corrected chi connectivity index (χ0v) is 43.5. The lowest BCUT2D eigenvalue weighted by Crippen LogP contribution is -2.29. The lowest BCUT2D eigenvalue weighted by molar-refractivity contribution is -0.161. The van der Waals surface area contributed by atoms with Crippen molar-refractivity contribution in [2.75, 3.05) is 26.4 Å². The van der Waals surface area contributed by atoms with E-state index in [-0.39, 0.29) is 32.6 Å². The van der Waals surface area contributed by atoms with E-state index in [2.05, 4.69) is 111 Å². The van der Waals surface area contributed by atoms with Crippen LogP contribution < -0.4 is 5.73 Å². The first-order valence-corrected chi connectivity index (χ1v) is 28.2. The summed E-state index contributed by atoms with van der Waals surface area (Å²) in [5.74, 6) is -0.856. The van der Waals surface area contributed by atoms with Crippen molar-refractivity contribution in [1.82, 2.24) is 0 Å². The van der Waals surface area contributed by atoms with Crippen molar-refractivity contribution in [3.8, 4) is 0 Å². The molecule has 0 heterocycles. The molecule has 0 rings (SSSR count). The van der Waals surface area contributed by atoms with Gasteiger partial charge in [-0.25, -0.2) is 4.57 Å². The van der Waals surface area contributed by atoms with Gasteiger partial charge in [0.2, 0.25) is 0 Å². The highest BCUT2D eigenvalue weighted by Crippen LogP contribution is 2.43. The first-order chi connectivity index (χ1) is 32.8. The molecule has 0 spiro atoms. The van der Waals surface area contributed by atoms with E-state index in [1.807, 2.05) is 0 Å². The van der Waals surface area contributed by atoms with Crippen LogP contribution in [0.3, 0.4) is 0 Å². The third-order valence-corrected chi connectivity index (χ3v) is 11.9. The molecule has 0 radical (unpaired) electrons. The first kappa shape index (κ1) is 63.9. The van der Waals surface area contributed by atoms with E-state index < -0.39 is 32.5 Å². The molecule has 2 unspecified atom stereocenters. The topological polar surface area (TPSA) is 134 Å². The highest BCUT2D eigenvalue weighted by molar-refractivity contribution is 7.47. The van der Waals surface area contributed by atoms with Crippen LogP contribution in [0.5, 0.6) is 0 Å². The molecule has 0 aromatic heterocycles. The molecule has 0 saturated carbocycles. The van der Waals surface area contributed by atoms with Crippen LogP contribution in [0.15, 0.2) is 97.2 Å². The number of nitrogens with two attached hydrogens (primary N) is 1. The van der Waals surface area contributed by atoms with Gasteiger partial charge in [-0.15, -0.1) is 0 Å². The van der Waals surface area contributed by atoms with Gasteiger partial charge in [0.25, 0.3) is 0 Å². The Labute approximate surface area is 410 Å². The van der Waals surface area contributed by atoms with Gasteiger partial charge in [-0.05, 0) is 96.3 Å². The van der Waals surface area contributed by atoms with E-state index in [4.69, 9.17) is 24.3 Å².